The summed E-state index contributed by atoms with van der Waals surface area (Å²) < 4.78 is 4.79. The number of ketones is 1. The molecular formula is C26H26ClN3O3. The van der Waals surface area contributed by atoms with Gasteiger partial charge in [0.25, 0.3) is 0 Å². The van der Waals surface area contributed by atoms with Crippen molar-refractivity contribution in [1.82, 2.24) is 13.7 Å². The average Bonchev–Trinajstić information content (AvgIpc) is 3.09. The standard InChI is InChI=1S/C26H26ClN3O3/c1-4-12-28-17(2)13-21(18(28)3)24(31)16-30-23-14-20(27)10-11-22(23)29(25(32)26(30)33)15-19-8-6-5-7-9-19/h5-11,13-14H,4,12,15-16H2,1-3H3. The monoisotopic (exact) mass is 463 g/mol. The highest BCUT2D eigenvalue weighted by Crippen LogP contribution is 2.20. The number of rotatable bonds is 7. The van der Waals surface area contributed by atoms with Crippen LogP contribution in [0.15, 0.2) is 64.2 Å². The summed E-state index contributed by atoms with van der Waals surface area (Å²) in [5, 5.41) is 0.425. The number of Topliss-reactive ketones (excluding diaryl/α,β-unsaturated/α-hetero) is 1. The van der Waals surface area contributed by atoms with Crippen molar-refractivity contribution in [2.24, 2.45) is 0 Å². The minimum atomic E-state index is -0.739. The van der Waals surface area contributed by atoms with Crippen molar-refractivity contribution in [1.29, 1.82) is 0 Å². The molecule has 4 aromatic rings. The number of nitrogens with zero attached hydrogens (tertiary/aromatic N) is 3. The predicted octanol–water partition coefficient (Wildman–Crippen LogP) is 4.58. The molecule has 0 saturated carbocycles. The number of fused-ring (bicyclic) bond motifs is 1. The first kappa shape index (κ1) is 22.8. The molecule has 2 heterocycles. The van der Waals surface area contributed by atoms with Gasteiger partial charge in [-0.05, 0) is 50.1 Å². The molecule has 6 nitrogen and oxygen atoms in total. The highest BCUT2D eigenvalue weighted by molar-refractivity contribution is 6.31. The molecule has 0 aliphatic rings. The summed E-state index contributed by atoms with van der Waals surface area (Å²) in [7, 11) is 0. The second-order valence-electron chi connectivity index (χ2n) is 8.26. The molecule has 0 fully saturated rings. The molecule has 2 aromatic heterocycles. The molecule has 0 N–H and O–H groups in total. The Labute approximate surface area is 196 Å². The van der Waals surface area contributed by atoms with Crippen LogP contribution >= 0.6 is 11.6 Å². The maximum absolute atomic E-state index is 13.3. The van der Waals surface area contributed by atoms with E-state index in [0.29, 0.717) is 21.6 Å². The van der Waals surface area contributed by atoms with Crippen molar-refractivity contribution in [2.45, 2.75) is 46.8 Å². The SMILES string of the molecule is CCCn1c(C)cc(C(=O)Cn2c(=O)c(=O)n(Cc3ccccc3)c3ccc(Cl)cc32)c1C. The van der Waals surface area contributed by atoms with Crippen molar-refractivity contribution < 1.29 is 4.79 Å². The average molecular weight is 464 g/mol. The number of aryl methyl sites for hydroxylation is 1. The minimum Gasteiger partial charge on any atom is -0.348 e. The van der Waals surface area contributed by atoms with Crippen LogP contribution in [-0.4, -0.2) is 19.5 Å². The minimum absolute atomic E-state index is 0.214. The number of hydrogen-bond donors (Lipinski definition) is 0. The fraction of sp³-hybridized carbons (Fsp3) is 0.269. The van der Waals surface area contributed by atoms with Gasteiger partial charge in [-0.2, -0.15) is 0 Å². The third-order valence-electron chi connectivity index (χ3n) is 6.00. The van der Waals surface area contributed by atoms with E-state index < -0.39 is 11.1 Å². The predicted molar refractivity (Wildman–Crippen MR) is 132 cm³/mol. The fourth-order valence-electron chi connectivity index (χ4n) is 4.35. The second kappa shape index (κ2) is 9.24. The van der Waals surface area contributed by atoms with Gasteiger partial charge in [-0.1, -0.05) is 48.9 Å². The Balaban J connectivity index is 1.83. The topological polar surface area (TPSA) is 66.0 Å². The van der Waals surface area contributed by atoms with Crippen LogP contribution in [0, 0.1) is 13.8 Å². The summed E-state index contributed by atoms with van der Waals surface area (Å²) >= 11 is 6.24. The largest absolute Gasteiger partial charge is 0.348 e. The van der Waals surface area contributed by atoms with Crippen LogP contribution < -0.4 is 11.1 Å². The highest BCUT2D eigenvalue weighted by atomic mass is 35.5. The molecule has 2 aromatic carbocycles. The van der Waals surface area contributed by atoms with E-state index in [9.17, 15) is 14.4 Å². The van der Waals surface area contributed by atoms with E-state index in [-0.39, 0.29) is 18.9 Å². The third kappa shape index (κ3) is 4.31. The maximum atomic E-state index is 13.3. The lowest BCUT2D eigenvalue weighted by atomic mass is 10.1. The molecule has 0 amide bonds. The van der Waals surface area contributed by atoms with E-state index in [1.54, 1.807) is 18.2 Å². The van der Waals surface area contributed by atoms with Crippen molar-refractivity contribution in [2.75, 3.05) is 0 Å². The summed E-state index contributed by atoms with van der Waals surface area (Å²) in [6, 6.07) is 16.3. The first-order chi connectivity index (χ1) is 15.8. The molecule has 4 rings (SSSR count). The Morgan fingerprint density at radius 1 is 0.879 bits per heavy atom. The Hall–Kier alpha value is -3.38. The van der Waals surface area contributed by atoms with Crippen molar-refractivity contribution in [3.05, 3.63) is 103 Å². The molecule has 170 valence electrons. The van der Waals surface area contributed by atoms with E-state index in [1.165, 1.54) is 9.13 Å². The van der Waals surface area contributed by atoms with Gasteiger partial charge in [0.1, 0.15) is 0 Å². The van der Waals surface area contributed by atoms with Gasteiger partial charge in [0.15, 0.2) is 5.78 Å². The van der Waals surface area contributed by atoms with Crippen LogP contribution in [0.5, 0.6) is 0 Å². The zero-order chi connectivity index (χ0) is 23.7. The molecule has 0 bridgehead atoms. The second-order valence-corrected chi connectivity index (χ2v) is 8.70. The van der Waals surface area contributed by atoms with Crippen LogP contribution in [0.2, 0.25) is 5.02 Å². The molecule has 7 heteroatoms. The molecule has 0 unspecified atom stereocenters. The number of carbonyl (C=O) groups excluding carboxylic acids is 1. The van der Waals surface area contributed by atoms with Crippen LogP contribution in [0.4, 0.5) is 0 Å². The zero-order valence-corrected chi connectivity index (χ0v) is 19.7. The van der Waals surface area contributed by atoms with Gasteiger partial charge in [-0.15, -0.1) is 0 Å². The van der Waals surface area contributed by atoms with Crippen LogP contribution in [-0.2, 0) is 19.6 Å². The number of halogens is 1. The lowest BCUT2D eigenvalue weighted by molar-refractivity contribution is 0.0971. The van der Waals surface area contributed by atoms with Gasteiger partial charge in [-0.3, -0.25) is 23.5 Å². The molecule has 0 spiro atoms. The molecule has 0 atom stereocenters. The Bertz CT molecular complexity index is 1460. The number of carbonyl (C=O) groups is 1. The number of benzene rings is 2. The number of aromatic nitrogens is 3. The van der Waals surface area contributed by atoms with Crippen molar-refractivity contribution in [3.8, 4) is 0 Å². The molecular weight excluding hydrogens is 438 g/mol. The Morgan fingerprint density at radius 3 is 2.27 bits per heavy atom. The van der Waals surface area contributed by atoms with Crippen LogP contribution in [0.25, 0.3) is 11.0 Å². The first-order valence-electron chi connectivity index (χ1n) is 11.0. The Kier molecular flexibility index (Phi) is 6.38. The maximum Gasteiger partial charge on any atom is 0.317 e. The van der Waals surface area contributed by atoms with E-state index >= 15 is 0 Å². The van der Waals surface area contributed by atoms with Gasteiger partial charge < -0.3 is 4.57 Å². The van der Waals surface area contributed by atoms with Crippen LogP contribution in [0.1, 0.15) is 40.7 Å². The van der Waals surface area contributed by atoms with E-state index in [0.717, 1.165) is 29.9 Å². The summed E-state index contributed by atoms with van der Waals surface area (Å²) in [6.45, 7) is 6.80. The fourth-order valence-corrected chi connectivity index (χ4v) is 4.52. The van der Waals surface area contributed by atoms with Crippen molar-refractivity contribution in [3.63, 3.8) is 0 Å². The van der Waals surface area contributed by atoms with E-state index in [2.05, 4.69) is 11.5 Å². The lowest BCUT2D eigenvalue weighted by Gasteiger charge is -2.15. The van der Waals surface area contributed by atoms with E-state index in [1.807, 2.05) is 50.2 Å². The van der Waals surface area contributed by atoms with Crippen LogP contribution in [0.3, 0.4) is 0 Å². The molecule has 0 radical (unpaired) electrons. The zero-order valence-electron chi connectivity index (χ0n) is 19.0. The Morgan fingerprint density at radius 2 is 1.58 bits per heavy atom. The smallest absolute Gasteiger partial charge is 0.317 e. The highest BCUT2D eigenvalue weighted by Gasteiger charge is 2.20. The normalized spacial score (nSPS) is 11.3. The van der Waals surface area contributed by atoms with E-state index in [4.69, 9.17) is 11.6 Å². The summed E-state index contributed by atoms with van der Waals surface area (Å²) in [5.74, 6) is -0.214. The van der Waals surface area contributed by atoms with Gasteiger partial charge in [-0.25, -0.2) is 0 Å². The van der Waals surface area contributed by atoms with Gasteiger partial charge >= 0.3 is 11.1 Å². The molecule has 0 aliphatic carbocycles. The van der Waals surface area contributed by atoms with Crippen molar-refractivity contribution >= 4 is 28.4 Å². The summed E-state index contributed by atoms with van der Waals surface area (Å²) in [5.41, 5.74) is 2.93. The molecule has 0 saturated heterocycles. The summed E-state index contributed by atoms with van der Waals surface area (Å²) in [6.07, 6.45) is 0.951. The quantitative estimate of drug-likeness (QED) is 0.298. The summed E-state index contributed by atoms with van der Waals surface area (Å²) in [4.78, 5) is 39.5. The van der Waals surface area contributed by atoms with Gasteiger partial charge in [0.05, 0.1) is 24.1 Å². The lowest BCUT2D eigenvalue weighted by Crippen LogP contribution is -2.42. The number of hydrogen-bond acceptors (Lipinski definition) is 3. The molecule has 0 aliphatic heterocycles. The van der Waals surface area contributed by atoms with Gasteiger partial charge in [0.2, 0.25) is 0 Å². The van der Waals surface area contributed by atoms with Gasteiger partial charge in [0, 0.05) is 28.5 Å². The molecule has 33 heavy (non-hydrogen) atoms. The third-order valence-corrected chi connectivity index (χ3v) is 6.23. The first-order valence-corrected chi connectivity index (χ1v) is 11.4.